The highest BCUT2D eigenvalue weighted by Gasteiger charge is 2.14. The molecule has 0 saturated heterocycles. The van der Waals surface area contributed by atoms with Crippen molar-refractivity contribution in [1.82, 2.24) is 0 Å². The van der Waals surface area contributed by atoms with Crippen LogP contribution in [0.25, 0.3) is 0 Å². The summed E-state index contributed by atoms with van der Waals surface area (Å²) in [5, 5.41) is 5.10. The molecule has 114 valence electrons. The summed E-state index contributed by atoms with van der Waals surface area (Å²) in [5.41, 5.74) is 1.08. The summed E-state index contributed by atoms with van der Waals surface area (Å²) in [6.07, 6.45) is 1.94. The highest BCUT2D eigenvalue weighted by Crippen LogP contribution is 2.19. The van der Waals surface area contributed by atoms with Gasteiger partial charge in [-0.2, -0.15) is 0 Å². The lowest BCUT2D eigenvalue weighted by atomic mass is 10.3. The molecule has 22 heavy (non-hydrogen) atoms. The van der Waals surface area contributed by atoms with E-state index in [-0.39, 0.29) is 0 Å². The molecule has 5 nitrogen and oxygen atoms in total. The Labute approximate surface area is 133 Å². The third-order valence-corrected chi connectivity index (χ3v) is 3.59. The molecule has 0 unspecified atom stereocenters. The van der Waals surface area contributed by atoms with Crippen molar-refractivity contribution in [2.75, 3.05) is 24.0 Å². The van der Waals surface area contributed by atoms with Crippen molar-refractivity contribution >= 4 is 35.0 Å². The standard InChI is InChI=1S/C16H16N2O3S/c1-21-13-7-3-5-11(9-13)17-15(19)16(20)18-12-6-4-8-14(10-12)22-2/h3-10H,1-2H3,(H,17,19)(H,18,20). The van der Waals surface area contributed by atoms with E-state index >= 15 is 0 Å². The van der Waals surface area contributed by atoms with E-state index in [9.17, 15) is 9.59 Å². The summed E-state index contributed by atoms with van der Waals surface area (Å²) in [6, 6.07) is 14.1. The molecule has 0 heterocycles. The number of amides is 2. The van der Waals surface area contributed by atoms with Gasteiger partial charge in [-0.1, -0.05) is 12.1 Å². The lowest BCUT2D eigenvalue weighted by molar-refractivity contribution is -0.133. The van der Waals surface area contributed by atoms with Crippen molar-refractivity contribution in [2.45, 2.75) is 4.90 Å². The van der Waals surface area contributed by atoms with E-state index in [0.29, 0.717) is 17.1 Å². The van der Waals surface area contributed by atoms with Crippen molar-refractivity contribution in [3.05, 3.63) is 48.5 Å². The van der Waals surface area contributed by atoms with E-state index in [1.807, 2.05) is 18.4 Å². The number of methoxy groups -OCH3 is 1. The molecule has 0 atom stereocenters. The van der Waals surface area contributed by atoms with Crippen LogP contribution in [0.5, 0.6) is 5.75 Å². The maximum atomic E-state index is 11.9. The molecule has 2 rings (SSSR count). The smallest absolute Gasteiger partial charge is 0.314 e. The molecule has 0 aliphatic heterocycles. The van der Waals surface area contributed by atoms with Gasteiger partial charge >= 0.3 is 11.8 Å². The molecular formula is C16H16N2O3S. The summed E-state index contributed by atoms with van der Waals surface area (Å²) in [7, 11) is 1.53. The molecule has 6 heteroatoms. The van der Waals surface area contributed by atoms with Crippen LogP contribution in [0, 0.1) is 0 Å². The van der Waals surface area contributed by atoms with Gasteiger partial charge < -0.3 is 15.4 Å². The lowest BCUT2D eigenvalue weighted by Crippen LogP contribution is -2.29. The second kappa shape index (κ2) is 7.51. The van der Waals surface area contributed by atoms with Gasteiger partial charge in [0.05, 0.1) is 7.11 Å². The molecule has 0 bridgehead atoms. The molecule has 2 amide bonds. The average Bonchev–Trinajstić information content (AvgIpc) is 2.55. The zero-order valence-corrected chi connectivity index (χ0v) is 13.1. The molecule has 2 aromatic carbocycles. The molecule has 0 aliphatic rings. The molecule has 0 saturated carbocycles. The van der Waals surface area contributed by atoms with E-state index in [2.05, 4.69) is 10.6 Å². The van der Waals surface area contributed by atoms with Crippen LogP contribution in [0.3, 0.4) is 0 Å². The van der Waals surface area contributed by atoms with Gasteiger partial charge in [-0.15, -0.1) is 11.8 Å². The minimum atomic E-state index is -0.734. The van der Waals surface area contributed by atoms with Gasteiger partial charge in [-0.3, -0.25) is 9.59 Å². The Morgan fingerprint density at radius 3 is 2.14 bits per heavy atom. The average molecular weight is 316 g/mol. The van der Waals surface area contributed by atoms with Gasteiger partial charge in [0.2, 0.25) is 0 Å². The first kappa shape index (κ1) is 15.9. The van der Waals surface area contributed by atoms with Gasteiger partial charge in [0.15, 0.2) is 0 Å². The number of carbonyl (C=O) groups is 2. The summed E-state index contributed by atoms with van der Waals surface area (Å²) in [6.45, 7) is 0. The second-order valence-electron chi connectivity index (χ2n) is 4.37. The number of nitrogens with one attached hydrogen (secondary N) is 2. The van der Waals surface area contributed by atoms with Gasteiger partial charge in [-0.25, -0.2) is 0 Å². The second-order valence-corrected chi connectivity index (χ2v) is 5.25. The van der Waals surface area contributed by atoms with Crippen LogP contribution in [0.15, 0.2) is 53.4 Å². The number of anilines is 2. The highest BCUT2D eigenvalue weighted by molar-refractivity contribution is 7.98. The third-order valence-electron chi connectivity index (χ3n) is 2.86. The Balaban J connectivity index is 2.01. The van der Waals surface area contributed by atoms with E-state index in [1.165, 1.54) is 7.11 Å². The Morgan fingerprint density at radius 2 is 1.55 bits per heavy atom. The van der Waals surface area contributed by atoms with Gasteiger partial charge in [0.1, 0.15) is 5.75 Å². The van der Waals surface area contributed by atoms with Gasteiger partial charge in [0.25, 0.3) is 0 Å². The number of ether oxygens (including phenoxy) is 1. The Hall–Kier alpha value is -2.47. The fourth-order valence-corrected chi connectivity index (χ4v) is 2.24. The normalized spacial score (nSPS) is 9.91. The Bertz CT molecular complexity index is 629. The fourth-order valence-electron chi connectivity index (χ4n) is 1.78. The van der Waals surface area contributed by atoms with Crippen LogP contribution in [0.1, 0.15) is 0 Å². The molecule has 2 aromatic rings. The summed E-state index contributed by atoms with van der Waals surface area (Å²) >= 11 is 1.56. The van der Waals surface area contributed by atoms with Crippen molar-refractivity contribution in [1.29, 1.82) is 0 Å². The predicted molar refractivity (Wildman–Crippen MR) is 88.5 cm³/mol. The SMILES string of the molecule is COc1cccc(NC(=O)C(=O)Nc2cccc(SC)c2)c1. The molecule has 0 radical (unpaired) electrons. The van der Waals surface area contributed by atoms with Crippen LogP contribution in [-0.4, -0.2) is 25.2 Å². The topological polar surface area (TPSA) is 67.4 Å². The number of hydrogen-bond donors (Lipinski definition) is 2. The largest absolute Gasteiger partial charge is 0.497 e. The molecule has 0 aromatic heterocycles. The van der Waals surface area contributed by atoms with E-state index < -0.39 is 11.8 Å². The Kier molecular flexibility index (Phi) is 5.43. The Morgan fingerprint density at radius 1 is 0.955 bits per heavy atom. The van der Waals surface area contributed by atoms with Crippen LogP contribution >= 0.6 is 11.8 Å². The van der Waals surface area contributed by atoms with Crippen molar-refractivity contribution in [3.8, 4) is 5.75 Å². The molecule has 0 spiro atoms. The zero-order chi connectivity index (χ0) is 15.9. The minimum Gasteiger partial charge on any atom is -0.497 e. The lowest BCUT2D eigenvalue weighted by Gasteiger charge is -2.08. The van der Waals surface area contributed by atoms with E-state index in [1.54, 1.807) is 48.2 Å². The molecular weight excluding hydrogens is 300 g/mol. The molecule has 0 fully saturated rings. The number of thioether (sulfide) groups is 1. The van der Waals surface area contributed by atoms with Crippen molar-refractivity contribution in [3.63, 3.8) is 0 Å². The zero-order valence-electron chi connectivity index (χ0n) is 12.3. The first-order chi connectivity index (χ1) is 10.6. The van der Waals surface area contributed by atoms with Gasteiger partial charge in [0, 0.05) is 22.3 Å². The predicted octanol–water partition coefficient (Wildman–Crippen LogP) is 2.99. The van der Waals surface area contributed by atoms with Gasteiger partial charge in [-0.05, 0) is 36.6 Å². The quantitative estimate of drug-likeness (QED) is 0.672. The summed E-state index contributed by atoms with van der Waals surface area (Å²) in [4.78, 5) is 24.8. The van der Waals surface area contributed by atoms with Crippen molar-refractivity contribution in [2.24, 2.45) is 0 Å². The molecule has 2 N–H and O–H groups in total. The minimum absolute atomic E-state index is 0.498. The monoisotopic (exact) mass is 316 g/mol. The highest BCUT2D eigenvalue weighted by atomic mass is 32.2. The first-order valence-electron chi connectivity index (χ1n) is 6.53. The number of rotatable bonds is 4. The molecule has 0 aliphatic carbocycles. The number of hydrogen-bond acceptors (Lipinski definition) is 4. The van der Waals surface area contributed by atoms with Crippen LogP contribution in [0.4, 0.5) is 11.4 Å². The van der Waals surface area contributed by atoms with Crippen molar-refractivity contribution < 1.29 is 14.3 Å². The summed E-state index contributed by atoms with van der Waals surface area (Å²) < 4.78 is 5.06. The van der Waals surface area contributed by atoms with E-state index in [4.69, 9.17) is 4.74 Å². The number of benzene rings is 2. The summed E-state index contributed by atoms with van der Waals surface area (Å²) in [5.74, 6) is -0.852. The first-order valence-corrected chi connectivity index (χ1v) is 7.75. The fraction of sp³-hybridized carbons (Fsp3) is 0.125. The van der Waals surface area contributed by atoms with Crippen LogP contribution in [-0.2, 0) is 9.59 Å². The third kappa shape index (κ3) is 4.26. The maximum Gasteiger partial charge on any atom is 0.314 e. The maximum absolute atomic E-state index is 11.9. The van der Waals surface area contributed by atoms with Crippen LogP contribution in [0.2, 0.25) is 0 Å². The van der Waals surface area contributed by atoms with Crippen LogP contribution < -0.4 is 15.4 Å². The van der Waals surface area contributed by atoms with E-state index in [0.717, 1.165) is 4.90 Å². The number of carbonyl (C=O) groups excluding carboxylic acids is 2.